The van der Waals surface area contributed by atoms with Gasteiger partial charge in [-0.25, -0.2) is 0 Å². The van der Waals surface area contributed by atoms with E-state index in [0.29, 0.717) is 32.5 Å². The molecule has 0 atom stereocenters. The van der Waals surface area contributed by atoms with E-state index in [1.807, 2.05) is 0 Å². The smallest absolute Gasteiger partial charge is 0.0354 e. The van der Waals surface area contributed by atoms with Crippen LogP contribution in [0.1, 0.15) is 157 Å². The second-order valence-corrected chi connectivity index (χ2v) is 17.8. The Kier molecular flexibility index (Phi) is 12.2. The highest BCUT2D eigenvalue weighted by atomic mass is 14.4. The van der Waals surface area contributed by atoms with Gasteiger partial charge in [-0.15, -0.1) is 0 Å². The van der Waals surface area contributed by atoms with Crippen molar-refractivity contribution in [3.05, 3.63) is 0 Å². The fourth-order valence-corrected chi connectivity index (χ4v) is 4.98. The van der Waals surface area contributed by atoms with Crippen molar-refractivity contribution >= 4 is 0 Å². The minimum Gasteiger partial charge on any atom is -0.0602 e. The van der Waals surface area contributed by atoms with Crippen LogP contribution in [0, 0.1) is 44.3 Å². The zero-order valence-corrected chi connectivity index (χ0v) is 25.7. The van der Waals surface area contributed by atoms with E-state index in [4.69, 9.17) is 0 Å². The van der Waals surface area contributed by atoms with Crippen LogP contribution >= 0.6 is 0 Å². The molecule has 0 aliphatic heterocycles. The second kappa shape index (κ2) is 11.4. The van der Waals surface area contributed by atoms with Crippen LogP contribution in [0.2, 0.25) is 0 Å². The average Bonchev–Trinajstić information content (AvgIpc) is 2.26. The summed E-state index contributed by atoms with van der Waals surface area (Å²) in [5.74, 6) is 1.68. The molecule has 0 saturated heterocycles. The molecule has 0 aliphatic rings. The third-order valence-corrected chi connectivity index (χ3v) is 5.65. The maximum Gasteiger partial charge on any atom is -0.0354 e. The van der Waals surface area contributed by atoms with Crippen molar-refractivity contribution < 1.29 is 0 Å². The van der Waals surface area contributed by atoms with Gasteiger partial charge in [-0.3, -0.25) is 0 Å². The highest BCUT2D eigenvalue weighted by molar-refractivity contribution is 4.82. The molecule has 0 aromatic heterocycles. The zero-order valence-electron chi connectivity index (χ0n) is 25.7. The molecular formula is C31H66. The fraction of sp³-hybridized carbons (Fsp3) is 1.00. The van der Waals surface area contributed by atoms with Gasteiger partial charge in [-0.05, 0) is 76.4 Å². The van der Waals surface area contributed by atoms with Gasteiger partial charge in [0.25, 0.3) is 0 Å². The summed E-state index contributed by atoms with van der Waals surface area (Å²) in [6.45, 7) is 42.6. The van der Waals surface area contributed by atoms with Crippen LogP contribution in [0.25, 0.3) is 0 Å². The van der Waals surface area contributed by atoms with Gasteiger partial charge >= 0.3 is 0 Å². The first-order chi connectivity index (χ1) is 13.1. The Morgan fingerprint density at radius 2 is 0.516 bits per heavy atom. The van der Waals surface area contributed by atoms with Crippen LogP contribution in [-0.4, -0.2) is 0 Å². The van der Waals surface area contributed by atoms with Crippen molar-refractivity contribution in [3.8, 4) is 0 Å². The first kappa shape index (κ1) is 33.2. The van der Waals surface area contributed by atoms with E-state index in [1.165, 1.54) is 32.1 Å². The van der Waals surface area contributed by atoms with Crippen molar-refractivity contribution in [1.29, 1.82) is 0 Å². The Morgan fingerprint density at radius 3 is 0.645 bits per heavy atom. The second-order valence-electron chi connectivity index (χ2n) is 17.8. The van der Waals surface area contributed by atoms with Gasteiger partial charge in [0.15, 0.2) is 0 Å². The van der Waals surface area contributed by atoms with E-state index >= 15 is 0 Å². The molecule has 31 heavy (non-hydrogen) atoms. The Balaban J connectivity index is 0. The van der Waals surface area contributed by atoms with Crippen LogP contribution in [0.4, 0.5) is 0 Å². The standard InChI is InChI=1S/C16H34.C15H32/c1-14(2,3)10-13(11-15(4,5)6)12-16(7,8)9;1-13(2,3)10-12(15(7,8)9)11-14(4,5)6/h13H,10-12H2,1-9H3;12H,10-11H2,1-9H3. The number of hydrogen-bond acceptors (Lipinski definition) is 0. The molecule has 190 valence electrons. The lowest BCUT2D eigenvalue weighted by molar-refractivity contribution is 0.115. The van der Waals surface area contributed by atoms with Gasteiger partial charge in [-0.1, -0.05) is 125 Å². The summed E-state index contributed by atoms with van der Waals surface area (Å²) in [6, 6.07) is 0. The monoisotopic (exact) mass is 439 g/mol. The Hall–Kier alpha value is 0. The molecule has 0 unspecified atom stereocenters. The summed E-state index contributed by atoms with van der Waals surface area (Å²) in [6.07, 6.45) is 6.70. The summed E-state index contributed by atoms with van der Waals surface area (Å²) in [7, 11) is 0. The third kappa shape index (κ3) is 24.5. The molecule has 0 N–H and O–H groups in total. The Labute approximate surface area is 201 Å². The Morgan fingerprint density at radius 1 is 0.323 bits per heavy atom. The molecule has 0 amide bonds. The molecule has 0 fully saturated rings. The molecule has 0 nitrogen and oxygen atoms in total. The minimum atomic E-state index is 0.431. The summed E-state index contributed by atoms with van der Waals surface area (Å²) in [5.41, 5.74) is 2.70. The maximum atomic E-state index is 2.38. The molecule has 0 bridgehead atoms. The summed E-state index contributed by atoms with van der Waals surface area (Å²) < 4.78 is 0. The molecule has 0 aliphatic carbocycles. The van der Waals surface area contributed by atoms with Gasteiger partial charge in [0.2, 0.25) is 0 Å². The van der Waals surface area contributed by atoms with Crippen molar-refractivity contribution in [2.24, 2.45) is 44.3 Å². The van der Waals surface area contributed by atoms with Crippen molar-refractivity contribution in [2.45, 2.75) is 157 Å². The summed E-state index contributed by atoms with van der Waals surface area (Å²) in [4.78, 5) is 0. The van der Waals surface area contributed by atoms with Crippen molar-refractivity contribution in [1.82, 2.24) is 0 Å². The van der Waals surface area contributed by atoms with Crippen LogP contribution in [0.5, 0.6) is 0 Å². The molecule has 0 aromatic rings. The quantitative estimate of drug-likeness (QED) is 0.400. The predicted molar refractivity (Wildman–Crippen MR) is 147 cm³/mol. The predicted octanol–water partition coefficient (Wildman–Crippen LogP) is 11.4. The molecular weight excluding hydrogens is 372 g/mol. The van der Waals surface area contributed by atoms with E-state index in [9.17, 15) is 0 Å². The van der Waals surface area contributed by atoms with Crippen LogP contribution in [0.15, 0.2) is 0 Å². The molecule has 0 saturated carbocycles. The van der Waals surface area contributed by atoms with E-state index in [-0.39, 0.29) is 0 Å². The first-order valence-corrected chi connectivity index (χ1v) is 13.1. The number of hydrogen-bond donors (Lipinski definition) is 0. The van der Waals surface area contributed by atoms with E-state index in [0.717, 1.165) is 11.8 Å². The van der Waals surface area contributed by atoms with E-state index in [1.54, 1.807) is 0 Å². The SMILES string of the molecule is CC(C)(C)CC(CC(C)(C)C)C(C)(C)C.CC(C)(C)CC(CC(C)(C)C)CC(C)(C)C. The molecule has 0 heterocycles. The van der Waals surface area contributed by atoms with Crippen LogP contribution < -0.4 is 0 Å². The van der Waals surface area contributed by atoms with Crippen LogP contribution in [-0.2, 0) is 0 Å². The molecule has 0 aromatic carbocycles. The average molecular weight is 439 g/mol. The fourth-order valence-electron chi connectivity index (χ4n) is 4.98. The van der Waals surface area contributed by atoms with Crippen LogP contribution in [0.3, 0.4) is 0 Å². The highest BCUT2D eigenvalue weighted by Gasteiger charge is 2.32. The molecule has 0 heteroatoms. The van der Waals surface area contributed by atoms with Gasteiger partial charge < -0.3 is 0 Å². The maximum absolute atomic E-state index is 2.38. The summed E-state index contributed by atoms with van der Waals surface area (Å²) in [5, 5.41) is 0. The normalized spacial score (nSPS) is 14.7. The lowest BCUT2D eigenvalue weighted by Crippen LogP contribution is -2.29. The lowest BCUT2D eigenvalue weighted by Gasteiger charge is -2.39. The highest BCUT2D eigenvalue weighted by Crippen LogP contribution is 2.42. The van der Waals surface area contributed by atoms with Gasteiger partial charge in [0.05, 0.1) is 0 Å². The van der Waals surface area contributed by atoms with Gasteiger partial charge in [-0.2, -0.15) is 0 Å². The molecule has 0 spiro atoms. The van der Waals surface area contributed by atoms with Gasteiger partial charge in [0, 0.05) is 0 Å². The Bertz CT molecular complexity index is 411. The number of rotatable bonds is 5. The topological polar surface area (TPSA) is 0 Å². The van der Waals surface area contributed by atoms with E-state index in [2.05, 4.69) is 125 Å². The largest absolute Gasteiger partial charge is 0.0602 e. The first-order valence-electron chi connectivity index (χ1n) is 13.1. The van der Waals surface area contributed by atoms with Gasteiger partial charge in [0.1, 0.15) is 0 Å². The summed E-state index contributed by atoms with van der Waals surface area (Å²) >= 11 is 0. The van der Waals surface area contributed by atoms with Crippen molar-refractivity contribution in [3.63, 3.8) is 0 Å². The zero-order chi connectivity index (χ0) is 25.7. The lowest BCUT2D eigenvalue weighted by atomic mass is 9.66. The minimum absolute atomic E-state index is 0.431. The van der Waals surface area contributed by atoms with Crippen molar-refractivity contribution in [2.75, 3.05) is 0 Å². The van der Waals surface area contributed by atoms with E-state index < -0.39 is 0 Å². The third-order valence-electron chi connectivity index (χ3n) is 5.65. The molecule has 0 rings (SSSR count). The molecule has 0 radical (unpaired) electrons.